The standard InChI is InChI=1S/C22H15F3N.C13H24O2.Ir/c1-13-9-14(2)11-16(10-13)21-20-15(7-8-26-21)12-19(22(23,24)25)17-5-3-4-6-18(17)20;1-7-12(3,4)10(14)9-11(15)13(5,6)8-2;/h3-10,12H,1-2H3;9,14H,7-8H2,1-6H3;/q-1;;/b;10-9-;. The monoisotopic (exact) mass is 755 g/mol. The van der Waals surface area contributed by atoms with Gasteiger partial charge in [0, 0.05) is 43.2 Å². The van der Waals surface area contributed by atoms with Gasteiger partial charge in [0.25, 0.3) is 0 Å². The fourth-order valence-corrected chi connectivity index (χ4v) is 4.38. The zero-order valence-electron chi connectivity index (χ0n) is 25.5. The zero-order valence-corrected chi connectivity index (χ0v) is 27.9. The van der Waals surface area contributed by atoms with Crippen molar-refractivity contribution in [3.63, 3.8) is 0 Å². The minimum Gasteiger partial charge on any atom is -0.512 e. The van der Waals surface area contributed by atoms with Crippen LogP contribution in [0, 0.1) is 30.7 Å². The summed E-state index contributed by atoms with van der Waals surface area (Å²) in [6.45, 7) is 15.6. The van der Waals surface area contributed by atoms with Crippen LogP contribution in [-0.4, -0.2) is 15.9 Å². The van der Waals surface area contributed by atoms with E-state index in [-0.39, 0.29) is 47.9 Å². The van der Waals surface area contributed by atoms with Crippen molar-refractivity contribution < 1.29 is 43.2 Å². The van der Waals surface area contributed by atoms with Crippen LogP contribution in [0.4, 0.5) is 13.2 Å². The Labute approximate surface area is 260 Å². The number of aryl methyl sites for hydroxylation is 2. The number of rotatable bonds is 6. The van der Waals surface area contributed by atoms with Crippen LogP contribution in [0.3, 0.4) is 0 Å². The van der Waals surface area contributed by atoms with E-state index in [0.29, 0.717) is 16.5 Å². The number of aromatic nitrogens is 1. The number of allylic oxidation sites excluding steroid dienone is 2. The van der Waals surface area contributed by atoms with Gasteiger partial charge in [-0.2, -0.15) is 13.2 Å². The summed E-state index contributed by atoms with van der Waals surface area (Å²) < 4.78 is 40.7. The Hall–Kier alpha value is -3.02. The molecule has 0 saturated heterocycles. The van der Waals surface area contributed by atoms with Gasteiger partial charge in [0.05, 0.1) is 5.56 Å². The first-order chi connectivity index (χ1) is 19.0. The van der Waals surface area contributed by atoms with Gasteiger partial charge in [-0.1, -0.05) is 79.7 Å². The van der Waals surface area contributed by atoms with E-state index in [4.69, 9.17) is 0 Å². The first-order valence-electron chi connectivity index (χ1n) is 13.9. The van der Waals surface area contributed by atoms with Crippen LogP contribution in [0.15, 0.2) is 66.6 Å². The summed E-state index contributed by atoms with van der Waals surface area (Å²) in [4.78, 5) is 16.3. The average Bonchev–Trinajstić information content (AvgIpc) is 2.91. The Morgan fingerprint density at radius 3 is 2.07 bits per heavy atom. The summed E-state index contributed by atoms with van der Waals surface area (Å²) in [7, 11) is 0. The van der Waals surface area contributed by atoms with Gasteiger partial charge < -0.3 is 10.1 Å². The number of fused-ring (bicyclic) bond motifs is 3. The fraction of sp³-hybridized carbons (Fsp3) is 0.371. The van der Waals surface area contributed by atoms with E-state index in [9.17, 15) is 23.1 Å². The van der Waals surface area contributed by atoms with Gasteiger partial charge >= 0.3 is 6.18 Å². The summed E-state index contributed by atoms with van der Waals surface area (Å²) in [6, 6.07) is 16.7. The predicted octanol–water partition coefficient (Wildman–Crippen LogP) is 10.4. The second kappa shape index (κ2) is 13.5. The second-order valence-electron chi connectivity index (χ2n) is 11.8. The number of aliphatic hydroxyl groups excluding tert-OH is 1. The smallest absolute Gasteiger partial charge is 0.417 e. The van der Waals surface area contributed by atoms with Gasteiger partial charge in [-0.3, -0.25) is 4.79 Å². The second-order valence-corrected chi connectivity index (χ2v) is 11.8. The van der Waals surface area contributed by atoms with Gasteiger partial charge in [-0.15, -0.1) is 34.9 Å². The number of benzene rings is 3. The molecule has 7 heteroatoms. The summed E-state index contributed by atoms with van der Waals surface area (Å²) in [5.41, 5.74) is 2.16. The van der Waals surface area contributed by atoms with Crippen molar-refractivity contribution in [3.8, 4) is 11.3 Å². The number of carbonyl (C=O) groups is 1. The molecule has 0 amide bonds. The molecule has 0 bridgehead atoms. The number of pyridine rings is 1. The minimum atomic E-state index is -4.41. The van der Waals surface area contributed by atoms with E-state index in [1.165, 1.54) is 18.2 Å². The van der Waals surface area contributed by atoms with Crippen molar-refractivity contribution in [1.82, 2.24) is 4.98 Å². The number of alkyl halides is 3. The van der Waals surface area contributed by atoms with Crippen molar-refractivity contribution >= 4 is 27.3 Å². The van der Waals surface area contributed by atoms with E-state index in [2.05, 4.69) is 11.1 Å². The molecule has 1 aromatic heterocycles. The molecule has 0 saturated carbocycles. The Bertz CT molecular complexity index is 1580. The van der Waals surface area contributed by atoms with Crippen molar-refractivity contribution in [2.75, 3.05) is 0 Å². The van der Waals surface area contributed by atoms with Gasteiger partial charge in [0.2, 0.25) is 0 Å². The van der Waals surface area contributed by atoms with Crippen LogP contribution >= 0.6 is 0 Å². The number of aliphatic hydroxyl groups is 1. The molecule has 4 rings (SSSR count). The summed E-state index contributed by atoms with van der Waals surface area (Å²) >= 11 is 0. The average molecular weight is 755 g/mol. The molecule has 42 heavy (non-hydrogen) atoms. The maximum Gasteiger partial charge on any atom is 0.417 e. The molecule has 1 N–H and O–H groups in total. The van der Waals surface area contributed by atoms with E-state index in [1.54, 1.807) is 30.5 Å². The first-order valence-corrected chi connectivity index (χ1v) is 13.9. The quantitative estimate of drug-likeness (QED) is 0.0923. The van der Waals surface area contributed by atoms with E-state index < -0.39 is 11.7 Å². The molecule has 0 unspecified atom stereocenters. The third-order valence-corrected chi connectivity index (χ3v) is 7.87. The number of carbonyl (C=O) groups excluding carboxylic acids is 1. The number of nitrogens with zero attached hydrogens (tertiary/aromatic N) is 1. The molecule has 0 atom stereocenters. The number of hydrogen-bond donors (Lipinski definition) is 1. The summed E-state index contributed by atoms with van der Waals surface area (Å²) in [6.07, 6.45) is 0.131. The molecule has 3 aromatic carbocycles. The van der Waals surface area contributed by atoms with Gasteiger partial charge in [0.1, 0.15) is 5.76 Å². The number of hydrogen-bond acceptors (Lipinski definition) is 3. The Morgan fingerprint density at radius 2 is 1.52 bits per heavy atom. The molecular formula is C35H39F3IrNO2-. The molecule has 227 valence electrons. The Morgan fingerprint density at radius 1 is 0.929 bits per heavy atom. The van der Waals surface area contributed by atoms with Crippen LogP contribution in [0.1, 0.15) is 71.1 Å². The number of halogens is 3. The summed E-state index contributed by atoms with van der Waals surface area (Å²) in [5, 5.41) is 11.8. The van der Waals surface area contributed by atoms with Crippen molar-refractivity contribution in [3.05, 3.63) is 89.3 Å². The molecule has 0 aliphatic rings. The van der Waals surface area contributed by atoms with Gasteiger partial charge in [-0.25, -0.2) is 0 Å². The SMILES string of the molecule is CCC(C)(C)C(=O)/C=C(\O)C(C)(C)CC.Cc1[c-]c(-c2nccc3cc(C(F)(F)F)c4ccccc4c23)cc(C)c1.[Ir]. The molecule has 4 aromatic rings. The molecule has 0 aliphatic carbocycles. The summed E-state index contributed by atoms with van der Waals surface area (Å²) in [5.74, 6) is 0.195. The van der Waals surface area contributed by atoms with Crippen molar-refractivity contribution in [2.45, 2.75) is 74.4 Å². The normalized spacial score (nSPS) is 12.5. The third-order valence-electron chi connectivity index (χ3n) is 7.87. The molecule has 0 aliphatic heterocycles. The molecule has 1 heterocycles. The van der Waals surface area contributed by atoms with E-state index in [0.717, 1.165) is 34.9 Å². The van der Waals surface area contributed by atoms with E-state index in [1.807, 2.05) is 67.5 Å². The van der Waals surface area contributed by atoms with E-state index >= 15 is 0 Å². The van der Waals surface area contributed by atoms with Crippen LogP contribution in [-0.2, 0) is 31.1 Å². The molecule has 1 radical (unpaired) electrons. The number of ketones is 1. The predicted molar refractivity (Wildman–Crippen MR) is 162 cm³/mol. The maximum atomic E-state index is 13.6. The molecule has 0 fully saturated rings. The largest absolute Gasteiger partial charge is 0.512 e. The van der Waals surface area contributed by atoms with Crippen LogP contribution < -0.4 is 0 Å². The molecular weight excluding hydrogens is 716 g/mol. The van der Waals surface area contributed by atoms with Crippen LogP contribution in [0.25, 0.3) is 32.8 Å². The van der Waals surface area contributed by atoms with Crippen LogP contribution in [0.5, 0.6) is 0 Å². The van der Waals surface area contributed by atoms with Crippen molar-refractivity contribution in [1.29, 1.82) is 0 Å². The maximum absolute atomic E-state index is 13.6. The Kier molecular flexibility index (Phi) is 11.3. The minimum absolute atomic E-state index is 0. The van der Waals surface area contributed by atoms with Crippen molar-refractivity contribution in [2.24, 2.45) is 10.8 Å². The zero-order chi connectivity index (χ0) is 30.8. The first kappa shape index (κ1) is 35.2. The topological polar surface area (TPSA) is 50.2 Å². The Balaban J connectivity index is 0.000000334. The van der Waals surface area contributed by atoms with Gasteiger partial charge in [0.15, 0.2) is 5.78 Å². The third kappa shape index (κ3) is 7.87. The molecule has 3 nitrogen and oxygen atoms in total. The molecule has 0 spiro atoms. The van der Waals surface area contributed by atoms with Gasteiger partial charge in [-0.05, 0) is 52.2 Å². The fourth-order valence-electron chi connectivity index (χ4n) is 4.38. The van der Waals surface area contributed by atoms with Crippen LogP contribution in [0.2, 0.25) is 0 Å².